The van der Waals surface area contributed by atoms with Crippen LogP contribution < -0.4 is 0 Å². The lowest BCUT2D eigenvalue weighted by molar-refractivity contribution is 0.0661. The second-order valence-electron chi connectivity index (χ2n) is 3.18. The van der Waals surface area contributed by atoms with E-state index in [0.717, 1.165) is 5.16 Å². The van der Waals surface area contributed by atoms with Crippen LogP contribution in [0.1, 0.15) is 16.3 Å². The Hall–Kier alpha value is -1.40. The van der Waals surface area contributed by atoms with Crippen molar-refractivity contribution < 1.29 is 14.3 Å². The summed E-state index contributed by atoms with van der Waals surface area (Å²) < 4.78 is 7.02. The van der Waals surface area contributed by atoms with E-state index < -0.39 is 5.97 Å². The molecule has 7 heteroatoms. The predicted octanol–water partition coefficient (Wildman–Crippen LogP) is 2.43. The van der Waals surface area contributed by atoms with Gasteiger partial charge in [-0.05, 0) is 12.1 Å². The van der Waals surface area contributed by atoms with Crippen LogP contribution >= 0.6 is 24.2 Å². The molecule has 0 fully saturated rings. The third kappa shape index (κ3) is 3.28. The fourth-order valence-corrected chi connectivity index (χ4v) is 2.02. The number of imidazole rings is 1. The zero-order chi connectivity index (χ0) is 11.5. The quantitative estimate of drug-likeness (QED) is 0.867. The van der Waals surface area contributed by atoms with Crippen molar-refractivity contribution in [2.75, 3.05) is 0 Å². The molecule has 0 bridgehead atoms. The Morgan fingerprint density at radius 1 is 1.59 bits per heavy atom. The lowest BCUT2D eigenvalue weighted by atomic mass is 10.4. The summed E-state index contributed by atoms with van der Waals surface area (Å²) >= 11 is 1.50. The van der Waals surface area contributed by atoms with Crippen molar-refractivity contribution in [3.63, 3.8) is 0 Å². The van der Waals surface area contributed by atoms with E-state index in [1.165, 1.54) is 17.8 Å². The first-order valence-corrected chi connectivity index (χ1v) is 5.57. The van der Waals surface area contributed by atoms with Gasteiger partial charge in [0.05, 0.1) is 5.75 Å². The van der Waals surface area contributed by atoms with Gasteiger partial charge < -0.3 is 14.1 Å². The molecule has 2 heterocycles. The third-order valence-electron chi connectivity index (χ3n) is 1.99. The Kier molecular flexibility index (Phi) is 4.65. The SMILES string of the molecule is Cl.Cn1ccnc1SCc1ccc(C(=O)O)o1. The molecule has 0 aromatic carbocycles. The molecule has 0 unspecified atom stereocenters. The van der Waals surface area contributed by atoms with E-state index in [1.807, 2.05) is 17.8 Å². The summed E-state index contributed by atoms with van der Waals surface area (Å²) in [5.41, 5.74) is 0. The first-order chi connectivity index (χ1) is 7.66. The highest BCUT2D eigenvalue weighted by Gasteiger charge is 2.09. The minimum Gasteiger partial charge on any atom is -0.475 e. The number of carboxylic acids is 1. The van der Waals surface area contributed by atoms with Crippen molar-refractivity contribution in [2.45, 2.75) is 10.9 Å². The van der Waals surface area contributed by atoms with Gasteiger partial charge >= 0.3 is 5.97 Å². The smallest absolute Gasteiger partial charge is 0.371 e. The minimum atomic E-state index is -1.05. The number of thioether (sulfide) groups is 1. The molecule has 2 rings (SSSR count). The van der Waals surface area contributed by atoms with Crippen molar-refractivity contribution in [1.82, 2.24) is 9.55 Å². The van der Waals surface area contributed by atoms with Crippen LogP contribution in [0.5, 0.6) is 0 Å². The number of halogens is 1. The summed E-state index contributed by atoms with van der Waals surface area (Å²) in [7, 11) is 1.90. The monoisotopic (exact) mass is 274 g/mol. The van der Waals surface area contributed by atoms with Crippen LogP contribution in [-0.4, -0.2) is 20.6 Å². The van der Waals surface area contributed by atoms with Crippen LogP contribution in [-0.2, 0) is 12.8 Å². The first kappa shape index (κ1) is 13.7. The Morgan fingerprint density at radius 3 is 2.88 bits per heavy atom. The summed E-state index contributed by atoms with van der Waals surface area (Å²) in [5.74, 6) is 0.118. The fourth-order valence-electron chi connectivity index (χ4n) is 1.20. The van der Waals surface area contributed by atoms with Crippen molar-refractivity contribution in [3.05, 3.63) is 36.0 Å². The molecule has 0 aliphatic carbocycles. The zero-order valence-electron chi connectivity index (χ0n) is 8.99. The van der Waals surface area contributed by atoms with Gasteiger partial charge in [-0.25, -0.2) is 9.78 Å². The number of carbonyl (C=O) groups is 1. The summed E-state index contributed by atoms with van der Waals surface area (Å²) in [6.45, 7) is 0. The number of aromatic carboxylic acids is 1. The van der Waals surface area contributed by atoms with Gasteiger partial charge in [-0.2, -0.15) is 0 Å². The van der Waals surface area contributed by atoms with E-state index in [9.17, 15) is 4.79 Å². The molecule has 0 spiro atoms. The summed E-state index contributed by atoms with van der Waals surface area (Å²) in [6.07, 6.45) is 3.57. The molecule has 17 heavy (non-hydrogen) atoms. The molecule has 5 nitrogen and oxygen atoms in total. The Morgan fingerprint density at radius 2 is 2.35 bits per heavy atom. The van der Waals surface area contributed by atoms with Gasteiger partial charge in [0.15, 0.2) is 5.16 Å². The van der Waals surface area contributed by atoms with Crippen molar-refractivity contribution in [3.8, 4) is 0 Å². The molecular weight excluding hydrogens is 264 g/mol. The first-order valence-electron chi connectivity index (χ1n) is 4.59. The lowest BCUT2D eigenvalue weighted by Crippen LogP contribution is -1.92. The second kappa shape index (κ2) is 5.79. The van der Waals surface area contributed by atoms with Gasteiger partial charge in [-0.1, -0.05) is 11.8 Å². The van der Waals surface area contributed by atoms with E-state index in [1.54, 1.807) is 12.3 Å². The second-order valence-corrected chi connectivity index (χ2v) is 4.12. The summed E-state index contributed by atoms with van der Waals surface area (Å²) in [5, 5.41) is 9.55. The van der Waals surface area contributed by atoms with Crippen LogP contribution in [0.2, 0.25) is 0 Å². The van der Waals surface area contributed by atoms with Crippen LogP contribution in [0, 0.1) is 0 Å². The molecule has 2 aromatic heterocycles. The number of hydrogen-bond donors (Lipinski definition) is 1. The molecular formula is C10H11ClN2O3S. The van der Waals surface area contributed by atoms with Gasteiger partial charge in [-0.3, -0.25) is 0 Å². The molecule has 92 valence electrons. The number of rotatable bonds is 4. The van der Waals surface area contributed by atoms with Crippen molar-refractivity contribution in [2.24, 2.45) is 7.05 Å². The van der Waals surface area contributed by atoms with E-state index in [0.29, 0.717) is 11.5 Å². The molecule has 1 N–H and O–H groups in total. The molecule has 0 saturated carbocycles. The van der Waals surface area contributed by atoms with Gasteiger partial charge in [0.2, 0.25) is 5.76 Å². The average Bonchev–Trinajstić information content (AvgIpc) is 2.83. The van der Waals surface area contributed by atoms with Crippen LogP contribution in [0.3, 0.4) is 0 Å². The third-order valence-corrected chi connectivity index (χ3v) is 3.07. The van der Waals surface area contributed by atoms with Crippen LogP contribution in [0.15, 0.2) is 34.1 Å². The number of aromatic nitrogens is 2. The minimum absolute atomic E-state index is 0. The Balaban J connectivity index is 0.00000144. The molecule has 0 saturated heterocycles. The summed E-state index contributed by atoms with van der Waals surface area (Å²) in [4.78, 5) is 14.7. The Labute approximate surface area is 108 Å². The normalized spacial score (nSPS) is 9.94. The molecule has 0 amide bonds. The predicted molar refractivity (Wildman–Crippen MR) is 65.7 cm³/mol. The highest BCUT2D eigenvalue weighted by Crippen LogP contribution is 2.21. The van der Waals surface area contributed by atoms with E-state index in [4.69, 9.17) is 9.52 Å². The van der Waals surface area contributed by atoms with Crippen molar-refractivity contribution in [1.29, 1.82) is 0 Å². The largest absolute Gasteiger partial charge is 0.475 e. The van der Waals surface area contributed by atoms with E-state index >= 15 is 0 Å². The number of nitrogens with zero attached hydrogens (tertiary/aromatic N) is 2. The Bertz CT molecular complexity index is 509. The molecule has 0 atom stereocenters. The number of furan rings is 1. The average molecular weight is 275 g/mol. The molecule has 2 aromatic rings. The highest BCUT2D eigenvalue weighted by molar-refractivity contribution is 7.98. The lowest BCUT2D eigenvalue weighted by Gasteiger charge is -1.98. The van der Waals surface area contributed by atoms with Gasteiger partial charge in [0.1, 0.15) is 5.76 Å². The van der Waals surface area contributed by atoms with E-state index in [2.05, 4.69) is 4.98 Å². The van der Waals surface area contributed by atoms with Gasteiger partial charge in [0.25, 0.3) is 0 Å². The fraction of sp³-hybridized carbons (Fsp3) is 0.200. The van der Waals surface area contributed by atoms with Crippen LogP contribution in [0.4, 0.5) is 0 Å². The number of aryl methyl sites for hydroxylation is 1. The van der Waals surface area contributed by atoms with Crippen LogP contribution in [0.25, 0.3) is 0 Å². The molecule has 0 radical (unpaired) electrons. The summed E-state index contributed by atoms with van der Waals surface area (Å²) in [6, 6.07) is 3.12. The number of hydrogen-bond acceptors (Lipinski definition) is 4. The highest BCUT2D eigenvalue weighted by atomic mass is 35.5. The maximum absolute atomic E-state index is 10.6. The maximum atomic E-state index is 10.6. The zero-order valence-corrected chi connectivity index (χ0v) is 10.6. The van der Waals surface area contributed by atoms with Gasteiger partial charge in [0, 0.05) is 19.4 Å². The topological polar surface area (TPSA) is 68.3 Å². The van der Waals surface area contributed by atoms with Gasteiger partial charge in [-0.15, -0.1) is 12.4 Å². The van der Waals surface area contributed by atoms with Crippen molar-refractivity contribution >= 4 is 30.1 Å². The standard InChI is InChI=1S/C10H10N2O3S.ClH/c1-12-5-4-11-10(12)16-6-7-2-3-8(15-7)9(13)14;/h2-5H,6H2,1H3,(H,13,14);1H. The maximum Gasteiger partial charge on any atom is 0.371 e. The number of carboxylic acid groups (broad SMARTS) is 1. The van der Waals surface area contributed by atoms with E-state index in [-0.39, 0.29) is 18.2 Å². The molecule has 0 aliphatic heterocycles. The molecule has 0 aliphatic rings.